The first kappa shape index (κ1) is 7.07. The van der Waals surface area contributed by atoms with E-state index in [1.54, 1.807) is 11.8 Å². The van der Waals surface area contributed by atoms with E-state index in [1.807, 2.05) is 29.7 Å². The Morgan fingerprint density at radius 3 is 3.15 bits per heavy atom. The number of hydrogen-bond donors (Lipinski definition) is 0. The standard InChI is InChI=1S/C11H6NS/c1-2-4-10-8(3-1)9-7-13-6-5-11(9)12-10/h1-6H/q+1. The Kier molecular flexibility index (Phi) is 1.39. The highest BCUT2D eigenvalue weighted by Gasteiger charge is 2.31. The lowest BCUT2D eigenvalue weighted by Crippen LogP contribution is -1.93. The van der Waals surface area contributed by atoms with Crippen LogP contribution in [0.3, 0.4) is 0 Å². The van der Waals surface area contributed by atoms with Crippen LogP contribution in [-0.4, -0.2) is 5.71 Å². The maximum absolute atomic E-state index is 4.49. The van der Waals surface area contributed by atoms with Gasteiger partial charge in [0.1, 0.15) is 11.3 Å². The van der Waals surface area contributed by atoms with Crippen LogP contribution >= 0.6 is 11.8 Å². The van der Waals surface area contributed by atoms with Crippen LogP contribution in [0, 0.1) is 5.41 Å². The van der Waals surface area contributed by atoms with Gasteiger partial charge >= 0.3 is 0 Å². The van der Waals surface area contributed by atoms with Crippen LogP contribution in [0.5, 0.6) is 0 Å². The van der Waals surface area contributed by atoms with Crippen LogP contribution in [0.25, 0.3) is 5.57 Å². The number of benzene rings is 1. The zero-order valence-corrected chi connectivity index (χ0v) is 7.64. The lowest BCUT2D eigenvalue weighted by Gasteiger charge is -1.91. The number of aliphatic imine (C=N–C) groups is 1. The van der Waals surface area contributed by atoms with E-state index in [0.29, 0.717) is 0 Å². The Morgan fingerprint density at radius 1 is 1.23 bits per heavy atom. The Labute approximate surface area is 80.9 Å². The third-order valence-electron chi connectivity index (χ3n) is 2.13. The van der Waals surface area contributed by atoms with Crippen molar-refractivity contribution < 1.29 is 0 Å². The fourth-order valence-electron chi connectivity index (χ4n) is 1.53. The predicted molar refractivity (Wildman–Crippen MR) is 56.9 cm³/mol. The van der Waals surface area contributed by atoms with Gasteiger partial charge in [-0.05, 0) is 12.1 Å². The van der Waals surface area contributed by atoms with E-state index in [2.05, 4.69) is 16.5 Å². The van der Waals surface area contributed by atoms with E-state index >= 15 is 0 Å². The molecule has 2 aliphatic rings. The summed E-state index contributed by atoms with van der Waals surface area (Å²) in [6, 6.07) is 8.17. The van der Waals surface area contributed by atoms with Crippen molar-refractivity contribution in [1.29, 1.82) is 0 Å². The summed E-state index contributed by atoms with van der Waals surface area (Å²) < 4.78 is 0. The molecule has 2 aliphatic heterocycles. The van der Waals surface area contributed by atoms with E-state index in [1.165, 1.54) is 5.56 Å². The average molecular weight is 184 g/mol. The molecule has 0 fully saturated rings. The maximum atomic E-state index is 4.49. The summed E-state index contributed by atoms with van der Waals surface area (Å²) in [4.78, 5) is 4.49. The normalized spacial score (nSPS) is 16.9. The lowest BCUT2D eigenvalue weighted by atomic mass is 10.1. The number of rotatable bonds is 0. The third-order valence-corrected chi connectivity index (χ3v) is 2.72. The van der Waals surface area contributed by atoms with Gasteiger partial charge in [-0.25, -0.2) is 0 Å². The van der Waals surface area contributed by atoms with Crippen molar-refractivity contribution in [2.45, 2.75) is 0 Å². The van der Waals surface area contributed by atoms with Crippen LogP contribution in [0.4, 0.5) is 5.69 Å². The zero-order valence-electron chi connectivity index (χ0n) is 6.82. The maximum Gasteiger partial charge on any atom is 0.232 e. The van der Waals surface area contributed by atoms with Gasteiger partial charge in [-0.3, -0.25) is 0 Å². The van der Waals surface area contributed by atoms with Crippen molar-refractivity contribution >= 4 is 28.7 Å². The molecule has 13 heavy (non-hydrogen) atoms. The molecule has 0 aliphatic carbocycles. The van der Waals surface area contributed by atoms with Crippen molar-refractivity contribution in [3.05, 3.63) is 46.7 Å². The lowest BCUT2D eigenvalue weighted by molar-refractivity contribution is 1.55. The number of fused-ring (bicyclic) bond motifs is 3. The molecule has 2 heteroatoms. The Bertz CT molecular complexity index is 455. The van der Waals surface area contributed by atoms with Crippen LogP contribution in [0.1, 0.15) is 5.56 Å². The molecule has 0 unspecified atom stereocenters. The highest BCUT2D eigenvalue weighted by atomic mass is 32.2. The number of para-hydroxylation sites is 1. The number of allylic oxidation sites excluding steroid dienone is 2. The molecule has 1 nitrogen and oxygen atoms in total. The van der Waals surface area contributed by atoms with Gasteiger partial charge in [-0.15, -0.1) is 0 Å². The Balaban J connectivity index is 2.26. The second kappa shape index (κ2) is 2.56. The molecule has 0 amide bonds. The van der Waals surface area contributed by atoms with Crippen LogP contribution < -0.4 is 0 Å². The highest BCUT2D eigenvalue weighted by molar-refractivity contribution is 8.04. The van der Waals surface area contributed by atoms with E-state index < -0.39 is 0 Å². The van der Waals surface area contributed by atoms with Crippen LogP contribution in [0.15, 0.2) is 40.7 Å². The first-order valence-corrected chi connectivity index (χ1v) is 4.97. The fraction of sp³-hybridized carbons (Fsp3) is 0. The molecule has 3 rings (SSSR count). The van der Waals surface area contributed by atoms with Crippen LogP contribution in [-0.2, 0) is 0 Å². The zero-order chi connectivity index (χ0) is 8.67. The molecule has 0 aromatic heterocycles. The Hall–Kier alpha value is -1.37. The molecule has 0 atom stereocenters. The van der Waals surface area contributed by atoms with Gasteiger partial charge < -0.3 is 0 Å². The molecule has 0 saturated heterocycles. The second-order valence-corrected chi connectivity index (χ2v) is 3.62. The molecule has 0 saturated carbocycles. The van der Waals surface area contributed by atoms with Crippen molar-refractivity contribution in [3.63, 3.8) is 0 Å². The summed E-state index contributed by atoms with van der Waals surface area (Å²) in [6.45, 7) is 0. The van der Waals surface area contributed by atoms with Gasteiger partial charge in [0.15, 0.2) is 5.71 Å². The molecule has 0 radical (unpaired) electrons. The smallest absolute Gasteiger partial charge is 0.166 e. The van der Waals surface area contributed by atoms with Gasteiger partial charge in [-0.2, -0.15) is 4.99 Å². The molecule has 0 N–H and O–H groups in total. The van der Waals surface area contributed by atoms with Gasteiger partial charge in [0.05, 0.1) is 5.41 Å². The first-order chi connectivity index (χ1) is 6.45. The minimum absolute atomic E-state index is 1.04. The molecular formula is C11H6NS+. The number of thioether (sulfide) groups is 1. The molecule has 0 spiro atoms. The van der Waals surface area contributed by atoms with E-state index in [0.717, 1.165) is 17.0 Å². The molecule has 60 valence electrons. The number of hydrogen-bond acceptors (Lipinski definition) is 2. The van der Waals surface area contributed by atoms with Crippen molar-refractivity contribution in [2.24, 2.45) is 4.99 Å². The summed E-state index contributed by atoms with van der Waals surface area (Å²) in [5.41, 5.74) is 4.45. The minimum atomic E-state index is 1.04. The van der Waals surface area contributed by atoms with E-state index in [9.17, 15) is 0 Å². The first-order valence-electron chi connectivity index (χ1n) is 4.09. The quantitative estimate of drug-likeness (QED) is 0.564. The van der Waals surface area contributed by atoms with Gasteiger partial charge in [0, 0.05) is 29.3 Å². The largest absolute Gasteiger partial charge is 0.232 e. The fourth-order valence-corrected chi connectivity index (χ4v) is 2.12. The summed E-state index contributed by atoms with van der Waals surface area (Å²) in [5, 5.41) is 5.26. The molecule has 1 aromatic rings. The van der Waals surface area contributed by atoms with Gasteiger partial charge in [0.25, 0.3) is 0 Å². The summed E-state index contributed by atoms with van der Waals surface area (Å²) in [7, 11) is 0. The molecule has 2 heterocycles. The van der Waals surface area contributed by atoms with Crippen molar-refractivity contribution in [1.82, 2.24) is 0 Å². The average Bonchev–Trinajstić information content (AvgIpc) is 2.56. The van der Waals surface area contributed by atoms with E-state index in [4.69, 9.17) is 0 Å². The minimum Gasteiger partial charge on any atom is -0.166 e. The SMILES string of the molecule is [C+]1=C2C(=Nc3ccccc32)C=CS1. The van der Waals surface area contributed by atoms with Crippen molar-refractivity contribution in [3.8, 4) is 0 Å². The van der Waals surface area contributed by atoms with Gasteiger partial charge in [0.2, 0.25) is 5.57 Å². The highest BCUT2D eigenvalue weighted by Crippen LogP contribution is 2.37. The summed E-state index contributed by atoms with van der Waals surface area (Å²) in [5.74, 6) is 0. The molecule has 1 aromatic carbocycles. The third kappa shape index (κ3) is 0.966. The summed E-state index contributed by atoms with van der Waals surface area (Å²) >= 11 is 1.59. The van der Waals surface area contributed by atoms with E-state index in [-0.39, 0.29) is 0 Å². The Morgan fingerprint density at radius 2 is 2.15 bits per heavy atom. The topological polar surface area (TPSA) is 12.4 Å². The molecular weight excluding hydrogens is 178 g/mol. The predicted octanol–water partition coefficient (Wildman–Crippen LogP) is 3.18. The monoisotopic (exact) mass is 184 g/mol. The second-order valence-electron chi connectivity index (χ2n) is 2.91. The van der Waals surface area contributed by atoms with Crippen LogP contribution in [0.2, 0.25) is 0 Å². The van der Waals surface area contributed by atoms with Gasteiger partial charge in [-0.1, -0.05) is 6.07 Å². The van der Waals surface area contributed by atoms with Crippen molar-refractivity contribution in [2.75, 3.05) is 0 Å². The molecule has 0 bridgehead atoms. The summed E-state index contributed by atoms with van der Waals surface area (Å²) in [6.07, 6.45) is 2.04. The number of nitrogens with zero attached hydrogens (tertiary/aromatic N) is 1.